The molecule has 3 rings (SSSR count). The predicted molar refractivity (Wildman–Crippen MR) is 80.3 cm³/mol. The maximum Gasteiger partial charge on any atom is 0.239 e. The summed E-state index contributed by atoms with van der Waals surface area (Å²) in [7, 11) is 0. The van der Waals surface area contributed by atoms with Crippen LogP contribution in [0.3, 0.4) is 0 Å². The lowest BCUT2D eigenvalue weighted by molar-refractivity contribution is -0.126. The second-order valence-electron chi connectivity index (χ2n) is 7.20. The Morgan fingerprint density at radius 3 is 2.55 bits per heavy atom. The van der Waals surface area contributed by atoms with Crippen LogP contribution in [0.25, 0.3) is 0 Å². The lowest BCUT2D eigenvalue weighted by atomic mass is 9.90. The fourth-order valence-electron chi connectivity index (χ4n) is 3.70. The molecule has 3 N–H and O–H groups in total. The van der Waals surface area contributed by atoms with Crippen LogP contribution in [0.2, 0.25) is 0 Å². The predicted octanol–water partition coefficient (Wildman–Crippen LogP) is 1.64. The van der Waals surface area contributed by atoms with Crippen LogP contribution in [0.5, 0.6) is 0 Å². The highest BCUT2D eigenvalue weighted by Gasteiger charge is 2.52. The smallest absolute Gasteiger partial charge is 0.239 e. The summed E-state index contributed by atoms with van der Waals surface area (Å²) in [5.41, 5.74) is 5.40. The minimum absolute atomic E-state index is 0.122. The fourth-order valence-corrected chi connectivity index (χ4v) is 3.70. The number of nitrogens with one attached hydrogen (secondary N) is 1. The molecule has 1 aliphatic heterocycles. The summed E-state index contributed by atoms with van der Waals surface area (Å²) in [5.74, 6) is 0.347. The third-order valence-electron chi connectivity index (χ3n) is 5.40. The van der Waals surface area contributed by atoms with Gasteiger partial charge in [-0.15, -0.1) is 0 Å². The Balaban J connectivity index is 1.75. The first-order valence-corrected chi connectivity index (χ1v) is 8.43. The number of carbonyl (C=O) groups excluding carboxylic acids is 1. The molecule has 0 radical (unpaired) electrons. The van der Waals surface area contributed by atoms with E-state index in [1.54, 1.807) is 0 Å². The van der Waals surface area contributed by atoms with Crippen LogP contribution in [-0.2, 0) is 4.79 Å². The summed E-state index contributed by atoms with van der Waals surface area (Å²) in [6.45, 7) is 4.25. The van der Waals surface area contributed by atoms with Gasteiger partial charge in [0.05, 0.1) is 0 Å². The highest BCUT2D eigenvalue weighted by molar-refractivity contribution is 5.86. The van der Waals surface area contributed by atoms with Gasteiger partial charge in [0.1, 0.15) is 5.54 Å². The van der Waals surface area contributed by atoms with Gasteiger partial charge in [0.15, 0.2) is 0 Å². The highest BCUT2D eigenvalue weighted by Crippen LogP contribution is 2.42. The van der Waals surface area contributed by atoms with Crippen molar-refractivity contribution in [3.8, 4) is 0 Å². The number of rotatable bonds is 6. The Kier molecular flexibility index (Phi) is 4.04. The van der Waals surface area contributed by atoms with Crippen molar-refractivity contribution in [3.63, 3.8) is 0 Å². The van der Waals surface area contributed by atoms with Gasteiger partial charge in [0.25, 0.3) is 0 Å². The van der Waals surface area contributed by atoms with Gasteiger partial charge in [-0.2, -0.15) is 0 Å². The van der Waals surface area contributed by atoms with E-state index in [1.165, 1.54) is 38.5 Å². The average molecular weight is 279 g/mol. The Hall–Kier alpha value is -0.610. The van der Waals surface area contributed by atoms with Crippen molar-refractivity contribution in [1.29, 1.82) is 0 Å². The van der Waals surface area contributed by atoms with Crippen LogP contribution in [0.15, 0.2) is 0 Å². The molecule has 2 unspecified atom stereocenters. The zero-order valence-corrected chi connectivity index (χ0v) is 12.7. The van der Waals surface area contributed by atoms with Crippen molar-refractivity contribution >= 4 is 5.91 Å². The first-order chi connectivity index (χ1) is 9.62. The Bertz CT molecular complexity index is 365. The molecular formula is C16H29N3O. The summed E-state index contributed by atoms with van der Waals surface area (Å²) < 4.78 is 0. The minimum Gasteiger partial charge on any atom is -0.368 e. The molecule has 0 bridgehead atoms. The number of likely N-dealkylation sites (tertiary alicyclic amines) is 1. The van der Waals surface area contributed by atoms with Crippen LogP contribution < -0.4 is 11.1 Å². The van der Waals surface area contributed by atoms with Gasteiger partial charge >= 0.3 is 0 Å². The number of nitrogens with two attached hydrogens (primary N) is 1. The lowest BCUT2D eigenvalue weighted by Crippen LogP contribution is -2.64. The molecule has 0 aromatic rings. The summed E-state index contributed by atoms with van der Waals surface area (Å²) in [4.78, 5) is 14.8. The number of amides is 1. The lowest BCUT2D eigenvalue weighted by Gasteiger charge is -2.39. The molecule has 114 valence electrons. The monoisotopic (exact) mass is 279 g/mol. The second-order valence-corrected chi connectivity index (χ2v) is 7.20. The first-order valence-electron chi connectivity index (χ1n) is 8.43. The van der Waals surface area contributed by atoms with E-state index in [2.05, 4.69) is 17.1 Å². The maximum absolute atomic E-state index is 12.3. The molecule has 4 nitrogen and oxygen atoms in total. The maximum atomic E-state index is 12.3. The number of carbonyl (C=O) groups is 1. The summed E-state index contributed by atoms with van der Waals surface area (Å²) >= 11 is 0. The zero-order valence-electron chi connectivity index (χ0n) is 12.7. The molecule has 0 spiro atoms. The summed E-state index contributed by atoms with van der Waals surface area (Å²) in [5, 5.41) is 3.64. The van der Waals surface area contributed by atoms with Gasteiger partial charge in [-0.1, -0.05) is 12.8 Å². The van der Waals surface area contributed by atoms with Crippen LogP contribution in [-0.4, -0.2) is 41.5 Å². The van der Waals surface area contributed by atoms with Crippen molar-refractivity contribution in [3.05, 3.63) is 0 Å². The van der Waals surface area contributed by atoms with Gasteiger partial charge < -0.3 is 5.73 Å². The van der Waals surface area contributed by atoms with Crippen LogP contribution >= 0.6 is 0 Å². The largest absolute Gasteiger partial charge is 0.368 e. The molecule has 2 saturated carbocycles. The van der Waals surface area contributed by atoms with E-state index in [-0.39, 0.29) is 5.91 Å². The SMILES string of the molecule is CC1CCCCCN1CC(NC1CC1)(C(N)=O)C1CC1. The fraction of sp³-hybridized carbons (Fsp3) is 0.938. The average Bonchev–Trinajstić information content (AvgIpc) is 3.27. The molecule has 2 atom stereocenters. The Labute approximate surface area is 122 Å². The quantitative estimate of drug-likeness (QED) is 0.777. The van der Waals surface area contributed by atoms with Gasteiger partial charge in [0.2, 0.25) is 5.91 Å². The van der Waals surface area contributed by atoms with Crippen molar-refractivity contribution in [2.24, 2.45) is 11.7 Å². The van der Waals surface area contributed by atoms with Crippen LogP contribution in [0.1, 0.15) is 58.3 Å². The highest BCUT2D eigenvalue weighted by atomic mass is 16.1. The Morgan fingerprint density at radius 1 is 1.20 bits per heavy atom. The Morgan fingerprint density at radius 2 is 1.95 bits per heavy atom. The van der Waals surface area contributed by atoms with Crippen LogP contribution in [0.4, 0.5) is 0 Å². The third kappa shape index (κ3) is 3.01. The van der Waals surface area contributed by atoms with Gasteiger partial charge in [-0.25, -0.2) is 0 Å². The van der Waals surface area contributed by atoms with E-state index in [9.17, 15) is 4.79 Å². The minimum atomic E-state index is -0.459. The van der Waals surface area contributed by atoms with Crippen LogP contribution in [0, 0.1) is 5.92 Å². The van der Waals surface area contributed by atoms with E-state index < -0.39 is 5.54 Å². The van der Waals surface area contributed by atoms with E-state index in [0.717, 1.165) is 25.9 Å². The molecule has 1 amide bonds. The molecule has 1 saturated heterocycles. The molecule has 3 aliphatic rings. The standard InChI is InChI=1S/C16H29N3O/c1-12-5-3-2-4-10-19(12)11-16(15(17)20,13-6-7-13)18-14-8-9-14/h12-14,18H,2-11H2,1H3,(H2,17,20). The van der Waals surface area contributed by atoms with E-state index in [1.807, 2.05) is 0 Å². The summed E-state index contributed by atoms with van der Waals surface area (Å²) in [6, 6.07) is 1.11. The topological polar surface area (TPSA) is 58.4 Å². The van der Waals surface area contributed by atoms with Crippen molar-refractivity contribution in [2.75, 3.05) is 13.1 Å². The number of nitrogens with zero attached hydrogens (tertiary/aromatic N) is 1. The zero-order chi connectivity index (χ0) is 14.2. The molecular weight excluding hydrogens is 250 g/mol. The molecule has 0 aromatic carbocycles. The molecule has 1 heterocycles. The van der Waals surface area contributed by atoms with E-state index in [0.29, 0.717) is 18.0 Å². The molecule has 0 aromatic heterocycles. The third-order valence-corrected chi connectivity index (χ3v) is 5.40. The normalized spacial score (nSPS) is 31.6. The van der Waals surface area contributed by atoms with Gasteiger partial charge in [-0.05, 0) is 57.9 Å². The van der Waals surface area contributed by atoms with Crippen molar-refractivity contribution < 1.29 is 4.79 Å². The first kappa shape index (κ1) is 14.3. The number of hydrogen-bond donors (Lipinski definition) is 2. The van der Waals surface area contributed by atoms with Gasteiger partial charge in [0, 0.05) is 18.6 Å². The number of primary amides is 1. The van der Waals surface area contributed by atoms with Crippen molar-refractivity contribution in [2.45, 2.75) is 75.9 Å². The number of hydrogen-bond acceptors (Lipinski definition) is 3. The summed E-state index contributed by atoms with van der Waals surface area (Å²) in [6.07, 6.45) is 9.88. The van der Waals surface area contributed by atoms with E-state index in [4.69, 9.17) is 5.73 Å². The molecule has 4 heteroatoms. The molecule has 2 aliphatic carbocycles. The molecule has 20 heavy (non-hydrogen) atoms. The van der Waals surface area contributed by atoms with Gasteiger partial charge in [-0.3, -0.25) is 15.0 Å². The van der Waals surface area contributed by atoms with E-state index >= 15 is 0 Å². The van der Waals surface area contributed by atoms with Crippen molar-refractivity contribution in [1.82, 2.24) is 10.2 Å². The molecule has 3 fully saturated rings. The second kappa shape index (κ2) is 5.64.